The molecule has 0 amide bonds. The van der Waals surface area contributed by atoms with Gasteiger partial charge in [0.05, 0.1) is 0 Å². The first-order chi connectivity index (χ1) is 5.56. The molecule has 1 N–H and O–H groups in total. The Morgan fingerprint density at radius 3 is 2.08 bits per heavy atom. The predicted molar refractivity (Wildman–Crippen MR) is 55.5 cm³/mol. The van der Waals surface area contributed by atoms with Gasteiger partial charge in [-0.25, -0.2) is 0 Å². The summed E-state index contributed by atoms with van der Waals surface area (Å²) in [7, 11) is 6.30. The molecule has 2 nitrogen and oxygen atoms in total. The summed E-state index contributed by atoms with van der Waals surface area (Å²) in [6, 6.07) is 0.655. The SMILES string of the molecule is CNC(CCC(C)C)CN(C)C. The quantitative estimate of drug-likeness (QED) is 0.654. The van der Waals surface area contributed by atoms with Crippen LogP contribution in [0, 0.1) is 5.92 Å². The van der Waals surface area contributed by atoms with E-state index in [1.807, 2.05) is 0 Å². The lowest BCUT2D eigenvalue weighted by atomic mass is 10.0. The largest absolute Gasteiger partial charge is 0.316 e. The molecule has 0 aromatic carbocycles. The Bertz CT molecular complexity index is 100. The first-order valence-corrected chi connectivity index (χ1v) is 4.88. The van der Waals surface area contributed by atoms with E-state index in [9.17, 15) is 0 Å². The lowest BCUT2D eigenvalue weighted by Crippen LogP contribution is -2.36. The Balaban J connectivity index is 3.53. The molecule has 0 aromatic heterocycles. The van der Waals surface area contributed by atoms with E-state index in [4.69, 9.17) is 0 Å². The predicted octanol–water partition coefficient (Wildman–Crippen LogP) is 1.57. The summed E-state index contributed by atoms with van der Waals surface area (Å²) in [6.45, 7) is 5.70. The summed E-state index contributed by atoms with van der Waals surface area (Å²) in [4.78, 5) is 2.24. The van der Waals surface area contributed by atoms with Crippen LogP contribution in [0.5, 0.6) is 0 Å². The monoisotopic (exact) mass is 172 g/mol. The van der Waals surface area contributed by atoms with Crippen molar-refractivity contribution in [2.24, 2.45) is 5.92 Å². The fraction of sp³-hybridized carbons (Fsp3) is 1.00. The second-order valence-electron chi connectivity index (χ2n) is 4.22. The summed E-state index contributed by atoms with van der Waals surface area (Å²) in [5.41, 5.74) is 0. The van der Waals surface area contributed by atoms with Crippen LogP contribution in [-0.4, -0.2) is 38.6 Å². The zero-order valence-electron chi connectivity index (χ0n) is 9.22. The molecule has 12 heavy (non-hydrogen) atoms. The number of nitrogens with zero attached hydrogens (tertiary/aromatic N) is 1. The molecule has 0 rings (SSSR count). The average molecular weight is 172 g/mol. The number of hydrogen-bond donors (Lipinski definition) is 1. The molecular formula is C10H24N2. The Morgan fingerprint density at radius 2 is 1.75 bits per heavy atom. The maximum absolute atomic E-state index is 3.35. The number of rotatable bonds is 6. The van der Waals surface area contributed by atoms with E-state index < -0.39 is 0 Å². The van der Waals surface area contributed by atoms with Crippen LogP contribution in [0.4, 0.5) is 0 Å². The average Bonchev–Trinajstić information content (AvgIpc) is 1.97. The van der Waals surface area contributed by atoms with Gasteiger partial charge in [-0.2, -0.15) is 0 Å². The van der Waals surface area contributed by atoms with E-state index in [0.29, 0.717) is 6.04 Å². The fourth-order valence-electron chi connectivity index (χ4n) is 1.30. The topological polar surface area (TPSA) is 15.3 Å². The second kappa shape index (κ2) is 6.44. The minimum Gasteiger partial charge on any atom is -0.316 e. The summed E-state index contributed by atoms with van der Waals surface area (Å²) in [5, 5.41) is 3.35. The van der Waals surface area contributed by atoms with Gasteiger partial charge in [-0.3, -0.25) is 0 Å². The molecule has 0 saturated heterocycles. The minimum absolute atomic E-state index is 0.655. The third kappa shape index (κ3) is 6.62. The third-order valence-corrected chi connectivity index (χ3v) is 2.09. The molecule has 0 aromatic rings. The van der Waals surface area contributed by atoms with Crippen molar-refractivity contribution in [1.82, 2.24) is 10.2 Å². The van der Waals surface area contributed by atoms with Crippen molar-refractivity contribution in [2.45, 2.75) is 32.7 Å². The molecule has 2 heteroatoms. The highest BCUT2D eigenvalue weighted by molar-refractivity contribution is 4.67. The van der Waals surface area contributed by atoms with Crippen molar-refractivity contribution in [3.63, 3.8) is 0 Å². The first-order valence-electron chi connectivity index (χ1n) is 4.88. The van der Waals surface area contributed by atoms with Gasteiger partial charge in [-0.05, 0) is 39.9 Å². The van der Waals surface area contributed by atoms with Crippen molar-refractivity contribution in [3.8, 4) is 0 Å². The highest BCUT2D eigenvalue weighted by atomic mass is 15.1. The number of likely N-dealkylation sites (N-methyl/N-ethyl adjacent to an activating group) is 2. The molecule has 0 aliphatic carbocycles. The fourth-order valence-corrected chi connectivity index (χ4v) is 1.30. The highest BCUT2D eigenvalue weighted by Crippen LogP contribution is 2.06. The zero-order valence-corrected chi connectivity index (χ0v) is 9.22. The van der Waals surface area contributed by atoms with E-state index in [1.54, 1.807) is 0 Å². The van der Waals surface area contributed by atoms with Gasteiger partial charge in [-0.15, -0.1) is 0 Å². The van der Waals surface area contributed by atoms with E-state index in [0.717, 1.165) is 12.5 Å². The van der Waals surface area contributed by atoms with E-state index >= 15 is 0 Å². The maximum atomic E-state index is 3.35. The molecular weight excluding hydrogens is 148 g/mol. The lowest BCUT2D eigenvalue weighted by Gasteiger charge is -2.21. The van der Waals surface area contributed by atoms with E-state index in [1.165, 1.54) is 12.8 Å². The zero-order chi connectivity index (χ0) is 9.56. The summed E-state index contributed by atoms with van der Waals surface area (Å²) < 4.78 is 0. The van der Waals surface area contributed by atoms with E-state index in [-0.39, 0.29) is 0 Å². The third-order valence-electron chi connectivity index (χ3n) is 2.09. The molecule has 74 valence electrons. The van der Waals surface area contributed by atoms with Gasteiger partial charge in [0, 0.05) is 12.6 Å². The molecule has 0 aliphatic heterocycles. The van der Waals surface area contributed by atoms with Crippen LogP contribution >= 0.6 is 0 Å². The van der Waals surface area contributed by atoms with E-state index in [2.05, 4.69) is 45.2 Å². The molecule has 0 aliphatic rings. The Labute approximate surface area is 77.3 Å². The number of nitrogens with one attached hydrogen (secondary N) is 1. The number of hydrogen-bond acceptors (Lipinski definition) is 2. The lowest BCUT2D eigenvalue weighted by molar-refractivity contribution is 0.324. The smallest absolute Gasteiger partial charge is 0.0191 e. The van der Waals surface area contributed by atoms with Gasteiger partial charge in [0.25, 0.3) is 0 Å². The molecule has 0 heterocycles. The van der Waals surface area contributed by atoms with Crippen LogP contribution in [0.2, 0.25) is 0 Å². The highest BCUT2D eigenvalue weighted by Gasteiger charge is 2.07. The van der Waals surface area contributed by atoms with Gasteiger partial charge in [0.1, 0.15) is 0 Å². The molecule has 0 radical (unpaired) electrons. The van der Waals surface area contributed by atoms with Crippen LogP contribution < -0.4 is 5.32 Å². The summed E-state index contributed by atoms with van der Waals surface area (Å²) in [5.74, 6) is 0.822. The van der Waals surface area contributed by atoms with Gasteiger partial charge < -0.3 is 10.2 Å². The van der Waals surface area contributed by atoms with Crippen molar-refractivity contribution < 1.29 is 0 Å². The first kappa shape index (κ1) is 11.9. The Hall–Kier alpha value is -0.0800. The molecule has 1 atom stereocenters. The van der Waals surface area contributed by atoms with Crippen LogP contribution in [0.15, 0.2) is 0 Å². The van der Waals surface area contributed by atoms with Crippen LogP contribution in [-0.2, 0) is 0 Å². The van der Waals surface area contributed by atoms with Gasteiger partial charge in [0.15, 0.2) is 0 Å². The normalized spacial score (nSPS) is 14.2. The van der Waals surface area contributed by atoms with Crippen molar-refractivity contribution >= 4 is 0 Å². The van der Waals surface area contributed by atoms with Crippen molar-refractivity contribution in [1.29, 1.82) is 0 Å². The minimum atomic E-state index is 0.655. The molecule has 0 bridgehead atoms. The molecule has 1 unspecified atom stereocenters. The standard InChI is InChI=1S/C10H24N2/c1-9(2)6-7-10(11-3)8-12(4)5/h9-11H,6-8H2,1-5H3. The summed E-state index contributed by atoms with van der Waals surface area (Å²) >= 11 is 0. The summed E-state index contributed by atoms with van der Waals surface area (Å²) in [6.07, 6.45) is 2.60. The van der Waals surface area contributed by atoms with Crippen molar-refractivity contribution in [2.75, 3.05) is 27.7 Å². The van der Waals surface area contributed by atoms with Crippen molar-refractivity contribution in [3.05, 3.63) is 0 Å². The van der Waals surface area contributed by atoms with Crippen LogP contribution in [0.1, 0.15) is 26.7 Å². The second-order valence-corrected chi connectivity index (χ2v) is 4.22. The molecule has 0 spiro atoms. The van der Waals surface area contributed by atoms with Crippen LogP contribution in [0.25, 0.3) is 0 Å². The maximum Gasteiger partial charge on any atom is 0.0191 e. The van der Waals surface area contributed by atoms with Gasteiger partial charge in [-0.1, -0.05) is 13.8 Å². The molecule has 0 fully saturated rings. The molecule has 0 saturated carbocycles. The van der Waals surface area contributed by atoms with Gasteiger partial charge in [0.2, 0.25) is 0 Å². The Kier molecular flexibility index (Phi) is 6.39. The van der Waals surface area contributed by atoms with Gasteiger partial charge >= 0.3 is 0 Å². The van der Waals surface area contributed by atoms with Crippen LogP contribution in [0.3, 0.4) is 0 Å². The Morgan fingerprint density at radius 1 is 1.17 bits per heavy atom.